The van der Waals surface area contributed by atoms with Gasteiger partial charge in [-0.25, -0.2) is 4.39 Å². The van der Waals surface area contributed by atoms with Gasteiger partial charge in [0.2, 0.25) is 0 Å². The molecule has 4 nitrogen and oxygen atoms in total. The van der Waals surface area contributed by atoms with Crippen LogP contribution in [0.2, 0.25) is 0 Å². The van der Waals surface area contributed by atoms with Gasteiger partial charge in [0.15, 0.2) is 0 Å². The van der Waals surface area contributed by atoms with E-state index in [2.05, 4.69) is 10.2 Å². The highest BCUT2D eigenvalue weighted by atomic mass is 19.1. The summed E-state index contributed by atoms with van der Waals surface area (Å²) >= 11 is 0. The van der Waals surface area contributed by atoms with Crippen molar-refractivity contribution in [2.45, 2.75) is 25.9 Å². The average Bonchev–Trinajstić information content (AvgIpc) is 2.59. The number of piperidine rings is 1. The Kier molecular flexibility index (Phi) is 4.81. The SMILES string of the molecule is Cc1ccc(F)cc1NC(=O)c1ccc(N2CCC(O)CC2)cc1. The van der Waals surface area contributed by atoms with Gasteiger partial charge in [0.1, 0.15) is 5.82 Å². The number of nitrogens with one attached hydrogen (secondary N) is 1. The molecule has 126 valence electrons. The molecule has 0 aliphatic carbocycles. The number of anilines is 2. The van der Waals surface area contributed by atoms with Crippen LogP contribution in [0.3, 0.4) is 0 Å². The van der Waals surface area contributed by atoms with E-state index in [9.17, 15) is 14.3 Å². The molecule has 3 rings (SSSR count). The van der Waals surface area contributed by atoms with E-state index in [1.54, 1.807) is 18.2 Å². The fourth-order valence-electron chi connectivity index (χ4n) is 2.87. The van der Waals surface area contributed by atoms with Crippen molar-refractivity contribution in [3.63, 3.8) is 0 Å². The van der Waals surface area contributed by atoms with Gasteiger partial charge in [0.05, 0.1) is 6.10 Å². The van der Waals surface area contributed by atoms with Gasteiger partial charge in [-0.2, -0.15) is 0 Å². The first kappa shape index (κ1) is 16.5. The van der Waals surface area contributed by atoms with Gasteiger partial charge in [-0.15, -0.1) is 0 Å². The van der Waals surface area contributed by atoms with E-state index >= 15 is 0 Å². The molecule has 0 saturated carbocycles. The average molecular weight is 328 g/mol. The standard InChI is InChI=1S/C19H21FN2O2/c1-13-2-5-15(20)12-18(13)21-19(24)14-3-6-16(7-4-14)22-10-8-17(23)9-11-22/h2-7,12,17,23H,8-11H2,1H3,(H,21,24). The lowest BCUT2D eigenvalue weighted by atomic mass is 10.1. The summed E-state index contributed by atoms with van der Waals surface area (Å²) in [7, 11) is 0. The van der Waals surface area contributed by atoms with Crippen molar-refractivity contribution < 1.29 is 14.3 Å². The first-order valence-electron chi connectivity index (χ1n) is 8.13. The summed E-state index contributed by atoms with van der Waals surface area (Å²) in [5.74, 6) is -0.636. The van der Waals surface area contributed by atoms with Crippen molar-refractivity contribution in [1.29, 1.82) is 0 Å². The summed E-state index contributed by atoms with van der Waals surface area (Å²) in [5.41, 5.74) is 2.86. The molecule has 24 heavy (non-hydrogen) atoms. The summed E-state index contributed by atoms with van der Waals surface area (Å²) in [5, 5.41) is 12.3. The molecule has 0 radical (unpaired) electrons. The Labute approximate surface area is 140 Å². The summed E-state index contributed by atoms with van der Waals surface area (Å²) < 4.78 is 13.3. The minimum atomic E-state index is -0.376. The molecule has 2 aromatic carbocycles. The van der Waals surface area contributed by atoms with Crippen LogP contribution in [-0.2, 0) is 0 Å². The number of aryl methyl sites for hydroxylation is 1. The zero-order valence-electron chi connectivity index (χ0n) is 13.6. The number of carbonyl (C=O) groups is 1. The number of hydrogen-bond acceptors (Lipinski definition) is 3. The lowest BCUT2D eigenvalue weighted by Gasteiger charge is -2.31. The number of amides is 1. The normalized spacial score (nSPS) is 15.4. The summed E-state index contributed by atoms with van der Waals surface area (Å²) in [6.07, 6.45) is 1.32. The minimum Gasteiger partial charge on any atom is -0.393 e. The van der Waals surface area contributed by atoms with E-state index in [1.165, 1.54) is 12.1 Å². The molecule has 1 heterocycles. The van der Waals surface area contributed by atoms with Crippen molar-refractivity contribution in [2.75, 3.05) is 23.3 Å². The largest absolute Gasteiger partial charge is 0.393 e. The van der Waals surface area contributed by atoms with E-state index in [1.807, 2.05) is 19.1 Å². The third-order valence-corrected chi connectivity index (χ3v) is 4.41. The van der Waals surface area contributed by atoms with Crippen molar-refractivity contribution in [2.24, 2.45) is 0 Å². The van der Waals surface area contributed by atoms with Gasteiger partial charge >= 0.3 is 0 Å². The van der Waals surface area contributed by atoms with Gasteiger partial charge in [0, 0.05) is 30.0 Å². The number of nitrogens with zero attached hydrogens (tertiary/aromatic N) is 1. The predicted molar refractivity (Wildman–Crippen MR) is 93.0 cm³/mol. The number of halogens is 1. The highest BCUT2D eigenvalue weighted by Crippen LogP contribution is 2.22. The molecular weight excluding hydrogens is 307 g/mol. The van der Waals surface area contributed by atoms with E-state index in [4.69, 9.17) is 0 Å². The second kappa shape index (κ2) is 7.01. The maximum atomic E-state index is 13.3. The molecule has 0 aromatic heterocycles. The fraction of sp³-hybridized carbons (Fsp3) is 0.316. The zero-order chi connectivity index (χ0) is 17.1. The summed E-state index contributed by atoms with van der Waals surface area (Å²) in [6.45, 7) is 3.45. The molecule has 5 heteroatoms. The number of carbonyl (C=O) groups excluding carboxylic acids is 1. The number of aliphatic hydroxyl groups is 1. The van der Waals surface area contributed by atoms with Gasteiger partial charge in [0.25, 0.3) is 5.91 Å². The Morgan fingerprint density at radius 3 is 2.50 bits per heavy atom. The molecule has 0 unspecified atom stereocenters. The third kappa shape index (κ3) is 3.74. The highest BCUT2D eigenvalue weighted by Gasteiger charge is 2.17. The quantitative estimate of drug-likeness (QED) is 0.908. The lowest BCUT2D eigenvalue weighted by Crippen LogP contribution is -2.35. The van der Waals surface area contributed by atoms with Gasteiger partial charge in [-0.05, 0) is 61.7 Å². The molecule has 1 aliphatic heterocycles. The second-order valence-electron chi connectivity index (χ2n) is 6.18. The number of benzene rings is 2. The Morgan fingerprint density at radius 2 is 1.83 bits per heavy atom. The molecule has 1 aliphatic rings. The number of aliphatic hydroxyl groups excluding tert-OH is 1. The van der Waals surface area contributed by atoms with Crippen LogP contribution in [0.1, 0.15) is 28.8 Å². The van der Waals surface area contributed by atoms with Crippen LogP contribution < -0.4 is 10.2 Å². The monoisotopic (exact) mass is 328 g/mol. The Bertz CT molecular complexity index is 723. The number of rotatable bonds is 3. The van der Waals surface area contributed by atoms with Crippen LogP contribution in [0.15, 0.2) is 42.5 Å². The van der Waals surface area contributed by atoms with Crippen LogP contribution in [0.5, 0.6) is 0 Å². The number of hydrogen-bond donors (Lipinski definition) is 2. The fourth-order valence-corrected chi connectivity index (χ4v) is 2.87. The smallest absolute Gasteiger partial charge is 0.255 e. The predicted octanol–water partition coefficient (Wildman–Crippen LogP) is 3.35. The Hall–Kier alpha value is -2.40. The maximum absolute atomic E-state index is 13.3. The zero-order valence-corrected chi connectivity index (χ0v) is 13.6. The molecular formula is C19H21FN2O2. The van der Waals surface area contributed by atoms with E-state index in [0.29, 0.717) is 11.3 Å². The molecule has 2 aromatic rings. The van der Waals surface area contributed by atoms with E-state index < -0.39 is 0 Å². The third-order valence-electron chi connectivity index (χ3n) is 4.41. The maximum Gasteiger partial charge on any atom is 0.255 e. The molecule has 0 bridgehead atoms. The van der Waals surface area contributed by atoms with Crippen molar-refractivity contribution in [1.82, 2.24) is 0 Å². The molecule has 0 atom stereocenters. The molecule has 1 fully saturated rings. The lowest BCUT2D eigenvalue weighted by molar-refractivity contribution is 0.102. The molecule has 0 spiro atoms. The minimum absolute atomic E-state index is 0.208. The first-order valence-corrected chi connectivity index (χ1v) is 8.13. The summed E-state index contributed by atoms with van der Waals surface area (Å²) in [6, 6.07) is 11.7. The second-order valence-corrected chi connectivity index (χ2v) is 6.18. The van der Waals surface area contributed by atoms with Gasteiger partial charge < -0.3 is 15.3 Å². The van der Waals surface area contributed by atoms with Gasteiger partial charge in [-0.1, -0.05) is 6.07 Å². The highest BCUT2D eigenvalue weighted by molar-refractivity contribution is 6.04. The van der Waals surface area contributed by atoms with Crippen LogP contribution in [0.4, 0.5) is 15.8 Å². The van der Waals surface area contributed by atoms with Gasteiger partial charge in [-0.3, -0.25) is 4.79 Å². The molecule has 1 amide bonds. The first-order chi connectivity index (χ1) is 11.5. The van der Waals surface area contributed by atoms with Crippen molar-refractivity contribution >= 4 is 17.3 Å². The molecule has 2 N–H and O–H groups in total. The summed E-state index contributed by atoms with van der Waals surface area (Å²) in [4.78, 5) is 14.5. The van der Waals surface area contributed by atoms with Crippen molar-refractivity contribution in [3.8, 4) is 0 Å². The topological polar surface area (TPSA) is 52.6 Å². The van der Waals surface area contributed by atoms with Crippen LogP contribution in [0.25, 0.3) is 0 Å². The van der Waals surface area contributed by atoms with Crippen LogP contribution in [0, 0.1) is 12.7 Å². The Balaban J connectivity index is 1.68. The van der Waals surface area contributed by atoms with Crippen LogP contribution >= 0.6 is 0 Å². The molecule has 1 saturated heterocycles. The Morgan fingerprint density at radius 1 is 1.17 bits per heavy atom. The van der Waals surface area contributed by atoms with E-state index in [0.717, 1.165) is 37.2 Å². The van der Waals surface area contributed by atoms with E-state index in [-0.39, 0.29) is 17.8 Å². The van der Waals surface area contributed by atoms with Crippen LogP contribution in [-0.4, -0.2) is 30.2 Å². The van der Waals surface area contributed by atoms with Crippen molar-refractivity contribution in [3.05, 3.63) is 59.4 Å².